The molecule has 0 aliphatic carbocycles. The maximum atomic E-state index is 12.3. The molecule has 1 amide bonds. The first-order chi connectivity index (χ1) is 14.3. The molecule has 2 aromatic carbocycles. The first-order valence-corrected chi connectivity index (χ1v) is 9.90. The summed E-state index contributed by atoms with van der Waals surface area (Å²) in [6.07, 6.45) is 2.22. The van der Waals surface area contributed by atoms with E-state index in [0.717, 1.165) is 36.5 Å². The molecule has 148 valence electrons. The van der Waals surface area contributed by atoms with Gasteiger partial charge in [0.15, 0.2) is 0 Å². The lowest BCUT2D eigenvalue weighted by atomic mass is 10.1. The number of amides is 1. The largest absolute Gasteiger partial charge is 0.376 e. The second-order valence-electron chi connectivity index (χ2n) is 7.07. The molecule has 1 aromatic heterocycles. The summed E-state index contributed by atoms with van der Waals surface area (Å²) in [7, 11) is 0. The van der Waals surface area contributed by atoms with Crippen LogP contribution in [0.15, 0.2) is 66.7 Å². The third-order valence-electron chi connectivity index (χ3n) is 4.94. The van der Waals surface area contributed by atoms with Crippen LogP contribution in [0.3, 0.4) is 0 Å². The normalized spacial score (nSPS) is 15.8. The number of anilines is 1. The van der Waals surface area contributed by atoms with Gasteiger partial charge >= 0.3 is 0 Å². The fourth-order valence-corrected chi connectivity index (χ4v) is 3.28. The molecule has 1 saturated heterocycles. The SMILES string of the molecule is O=C(NC[C@H]1CCCO1)c1ccc(-c2ccc(NCc3ccccc3)nn2)cc1. The van der Waals surface area contributed by atoms with Gasteiger partial charge in [0, 0.05) is 30.8 Å². The van der Waals surface area contributed by atoms with Crippen molar-refractivity contribution in [1.82, 2.24) is 15.5 Å². The minimum atomic E-state index is -0.0846. The summed E-state index contributed by atoms with van der Waals surface area (Å²) >= 11 is 0. The molecule has 3 aromatic rings. The van der Waals surface area contributed by atoms with Gasteiger partial charge in [-0.1, -0.05) is 42.5 Å². The number of nitrogens with zero attached hydrogens (tertiary/aromatic N) is 2. The number of ether oxygens (including phenoxy) is 1. The second-order valence-corrected chi connectivity index (χ2v) is 7.07. The van der Waals surface area contributed by atoms with Gasteiger partial charge in [-0.2, -0.15) is 0 Å². The molecule has 2 heterocycles. The zero-order valence-electron chi connectivity index (χ0n) is 16.2. The smallest absolute Gasteiger partial charge is 0.251 e. The predicted octanol–water partition coefficient (Wildman–Crippen LogP) is 3.66. The van der Waals surface area contributed by atoms with E-state index in [2.05, 4.69) is 33.0 Å². The van der Waals surface area contributed by atoms with Crippen LogP contribution in [0.25, 0.3) is 11.3 Å². The van der Waals surface area contributed by atoms with Crippen molar-refractivity contribution in [1.29, 1.82) is 0 Å². The minimum Gasteiger partial charge on any atom is -0.376 e. The highest BCUT2D eigenvalue weighted by Crippen LogP contribution is 2.18. The lowest BCUT2D eigenvalue weighted by molar-refractivity contribution is 0.0858. The molecular weight excluding hydrogens is 364 g/mol. The zero-order chi connectivity index (χ0) is 19.9. The molecule has 0 radical (unpaired) electrons. The average Bonchev–Trinajstić information content (AvgIpc) is 3.31. The van der Waals surface area contributed by atoms with E-state index in [4.69, 9.17) is 4.74 Å². The minimum absolute atomic E-state index is 0.0846. The number of benzene rings is 2. The van der Waals surface area contributed by atoms with Crippen LogP contribution in [0.2, 0.25) is 0 Å². The number of hydrogen-bond acceptors (Lipinski definition) is 5. The van der Waals surface area contributed by atoms with E-state index >= 15 is 0 Å². The average molecular weight is 388 g/mol. The van der Waals surface area contributed by atoms with Gasteiger partial charge in [-0.3, -0.25) is 4.79 Å². The molecule has 1 aliphatic heterocycles. The van der Waals surface area contributed by atoms with Crippen LogP contribution in [0.1, 0.15) is 28.8 Å². The number of carbonyl (C=O) groups excluding carboxylic acids is 1. The second kappa shape index (κ2) is 9.30. The van der Waals surface area contributed by atoms with Gasteiger partial charge < -0.3 is 15.4 Å². The maximum Gasteiger partial charge on any atom is 0.251 e. The Balaban J connectivity index is 1.32. The van der Waals surface area contributed by atoms with Crippen LogP contribution in [0.5, 0.6) is 0 Å². The molecule has 0 unspecified atom stereocenters. The van der Waals surface area contributed by atoms with E-state index in [9.17, 15) is 4.79 Å². The molecule has 4 rings (SSSR count). The molecule has 6 nitrogen and oxygen atoms in total. The van der Waals surface area contributed by atoms with Crippen molar-refractivity contribution < 1.29 is 9.53 Å². The van der Waals surface area contributed by atoms with Crippen LogP contribution < -0.4 is 10.6 Å². The number of aromatic nitrogens is 2. The van der Waals surface area contributed by atoms with Crippen molar-refractivity contribution in [2.75, 3.05) is 18.5 Å². The summed E-state index contributed by atoms with van der Waals surface area (Å²) < 4.78 is 5.53. The third kappa shape index (κ3) is 5.18. The molecule has 6 heteroatoms. The van der Waals surface area contributed by atoms with Gasteiger partial charge in [-0.25, -0.2) is 0 Å². The predicted molar refractivity (Wildman–Crippen MR) is 113 cm³/mol. The molecule has 0 bridgehead atoms. The van der Waals surface area contributed by atoms with E-state index in [1.165, 1.54) is 5.56 Å². The van der Waals surface area contributed by atoms with Crippen molar-refractivity contribution in [3.8, 4) is 11.3 Å². The highest BCUT2D eigenvalue weighted by molar-refractivity contribution is 5.94. The highest BCUT2D eigenvalue weighted by atomic mass is 16.5. The van der Waals surface area contributed by atoms with Crippen LogP contribution in [0, 0.1) is 0 Å². The van der Waals surface area contributed by atoms with Crippen molar-refractivity contribution >= 4 is 11.7 Å². The zero-order valence-corrected chi connectivity index (χ0v) is 16.2. The summed E-state index contributed by atoms with van der Waals surface area (Å²) in [6, 6.07) is 21.4. The van der Waals surface area contributed by atoms with E-state index in [1.54, 1.807) is 0 Å². The molecule has 29 heavy (non-hydrogen) atoms. The third-order valence-corrected chi connectivity index (χ3v) is 4.94. The topological polar surface area (TPSA) is 76.1 Å². The van der Waals surface area contributed by atoms with Gasteiger partial charge in [0.2, 0.25) is 0 Å². The Morgan fingerprint density at radius 3 is 2.52 bits per heavy atom. The fourth-order valence-electron chi connectivity index (χ4n) is 3.28. The molecular formula is C23H24N4O2. The van der Waals surface area contributed by atoms with Crippen LogP contribution >= 0.6 is 0 Å². The Labute approximate surface area is 170 Å². The van der Waals surface area contributed by atoms with Crippen LogP contribution in [0.4, 0.5) is 5.82 Å². The van der Waals surface area contributed by atoms with Crippen LogP contribution in [-0.2, 0) is 11.3 Å². The summed E-state index contributed by atoms with van der Waals surface area (Å²) in [5, 5.41) is 14.7. The summed E-state index contributed by atoms with van der Waals surface area (Å²) in [6.45, 7) is 2.05. The number of carbonyl (C=O) groups is 1. The van der Waals surface area contributed by atoms with E-state index in [1.807, 2.05) is 54.6 Å². The molecule has 0 saturated carbocycles. The summed E-state index contributed by atoms with van der Waals surface area (Å²) in [5.74, 6) is 0.640. The van der Waals surface area contributed by atoms with E-state index in [0.29, 0.717) is 18.7 Å². The Morgan fingerprint density at radius 1 is 1.00 bits per heavy atom. The van der Waals surface area contributed by atoms with E-state index < -0.39 is 0 Å². The van der Waals surface area contributed by atoms with Crippen molar-refractivity contribution in [2.45, 2.75) is 25.5 Å². The quantitative estimate of drug-likeness (QED) is 0.646. The summed E-state index contributed by atoms with van der Waals surface area (Å²) in [5.41, 5.74) is 3.50. The Morgan fingerprint density at radius 2 is 1.83 bits per heavy atom. The number of hydrogen-bond donors (Lipinski definition) is 2. The fraction of sp³-hybridized carbons (Fsp3) is 0.261. The Kier molecular flexibility index (Phi) is 6.12. The molecule has 2 N–H and O–H groups in total. The van der Waals surface area contributed by atoms with Crippen molar-refractivity contribution in [3.63, 3.8) is 0 Å². The van der Waals surface area contributed by atoms with Crippen molar-refractivity contribution in [3.05, 3.63) is 77.9 Å². The van der Waals surface area contributed by atoms with Gasteiger partial charge in [0.25, 0.3) is 5.91 Å². The lowest BCUT2D eigenvalue weighted by Gasteiger charge is -2.11. The molecule has 1 atom stereocenters. The van der Waals surface area contributed by atoms with Gasteiger partial charge in [-0.05, 0) is 42.7 Å². The first kappa shape index (κ1) is 19.1. The van der Waals surface area contributed by atoms with Gasteiger partial charge in [0.1, 0.15) is 5.82 Å². The van der Waals surface area contributed by atoms with Gasteiger partial charge in [0.05, 0.1) is 11.8 Å². The number of rotatable bonds is 7. The Hall–Kier alpha value is -3.25. The van der Waals surface area contributed by atoms with Crippen LogP contribution in [-0.4, -0.2) is 35.4 Å². The van der Waals surface area contributed by atoms with E-state index in [-0.39, 0.29) is 12.0 Å². The molecule has 1 aliphatic rings. The lowest BCUT2D eigenvalue weighted by Crippen LogP contribution is -2.31. The summed E-state index contributed by atoms with van der Waals surface area (Å²) in [4.78, 5) is 12.3. The standard InChI is InChI=1S/C23H24N4O2/c28-23(25-16-20-7-4-14-29-20)19-10-8-18(9-11-19)21-12-13-22(27-26-21)24-15-17-5-2-1-3-6-17/h1-3,5-6,8-13,20H,4,7,14-16H2,(H,24,27)(H,25,28)/t20-/m1/s1. The maximum absolute atomic E-state index is 12.3. The Bertz CT molecular complexity index is 921. The first-order valence-electron chi connectivity index (χ1n) is 9.90. The van der Waals surface area contributed by atoms with Gasteiger partial charge in [-0.15, -0.1) is 10.2 Å². The number of nitrogens with one attached hydrogen (secondary N) is 2. The van der Waals surface area contributed by atoms with Crippen molar-refractivity contribution in [2.24, 2.45) is 0 Å². The molecule has 1 fully saturated rings. The monoisotopic (exact) mass is 388 g/mol. The molecule has 0 spiro atoms. The highest BCUT2D eigenvalue weighted by Gasteiger charge is 2.16.